The molecule has 0 aliphatic rings. The molecule has 0 aromatic heterocycles. The Balaban J connectivity index is 2.52. The van der Waals surface area contributed by atoms with Crippen molar-refractivity contribution < 1.29 is 14.7 Å². The summed E-state index contributed by atoms with van der Waals surface area (Å²) in [5.74, 6) is -0.308. The number of hydrogen-bond donors (Lipinski definition) is 2. The highest BCUT2D eigenvalue weighted by atomic mass is 127. The SMILES string of the molecule is O=C(NOCCO)c1cccc(I)c1. The van der Waals surface area contributed by atoms with Crippen LogP contribution in [-0.4, -0.2) is 24.2 Å². The number of benzene rings is 1. The van der Waals surface area contributed by atoms with Gasteiger partial charge in [-0.25, -0.2) is 5.48 Å². The number of carbonyl (C=O) groups is 1. The molecule has 0 saturated carbocycles. The Morgan fingerprint density at radius 2 is 2.36 bits per heavy atom. The first-order chi connectivity index (χ1) is 6.74. The molecule has 1 aromatic rings. The zero-order valence-corrected chi connectivity index (χ0v) is 9.52. The third-order valence-electron chi connectivity index (χ3n) is 1.45. The van der Waals surface area contributed by atoms with Gasteiger partial charge >= 0.3 is 0 Å². The maximum absolute atomic E-state index is 11.4. The molecule has 1 rings (SSSR count). The van der Waals surface area contributed by atoms with E-state index >= 15 is 0 Å². The Kier molecular flexibility index (Phi) is 4.85. The standard InChI is InChI=1S/C9H10INO3/c10-8-3-1-2-7(6-8)9(13)11-14-5-4-12/h1-3,6,12H,4-5H2,(H,11,13). The first-order valence-corrected chi connectivity index (χ1v) is 5.10. The van der Waals surface area contributed by atoms with Crippen LogP contribution in [0.5, 0.6) is 0 Å². The molecule has 76 valence electrons. The molecule has 5 heteroatoms. The van der Waals surface area contributed by atoms with Crippen molar-refractivity contribution in [1.29, 1.82) is 0 Å². The summed E-state index contributed by atoms with van der Waals surface area (Å²) in [4.78, 5) is 16.0. The summed E-state index contributed by atoms with van der Waals surface area (Å²) < 4.78 is 0.984. The van der Waals surface area contributed by atoms with Crippen LogP contribution in [0.3, 0.4) is 0 Å². The lowest BCUT2D eigenvalue weighted by atomic mass is 10.2. The molecule has 0 fully saturated rings. The van der Waals surface area contributed by atoms with E-state index in [4.69, 9.17) is 5.11 Å². The molecular weight excluding hydrogens is 297 g/mol. The van der Waals surface area contributed by atoms with Gasteiger partial charge in [-0.05, 0) is 40.8 Å². The number of rotatable bonds is 4. The van der Waals surface area contributed by atoms with E-state index in [1.807, 2.05) is 6.07 Å². The van der Waals surface area contributed by atoms with Crippen LogP contribution in [0.4, 0.5) is 0 Å². The van der Waals surface area contributed by atoms with Crippen LogP contribution in [0, 0.1) is 3.57 Å². The molecule has 4 nitrogen and oxygen atoms in total. The lowest BCUT2D eigenvalue weighted by molar-refractivity contribution is 0.0168. The second-order valence-corrected chi connectivity index (χ2v) is 3.76. The van der Waals surface area contributed by atoms with E-state index in [0.717, 1.165) is 3.57 Å². The van der Waals surface area contributed by atoms with Crippen LogP contribution in [0.25, 0.3) is 0 Å². The summed E-state index contributed by atoms with van der Waals surface area (Å²) >= 11 is 2.12. The summed E-state index contributed by atoms with van der Waals surface area (Å²) in [6, 6.07) is 7.13. The Bertz CT molecular complexity index is 317. The minimum absolute atomic E-state index is 0.0929. The smallest absolute Gasteiger partial charge is 0.274 e. The van der Waals surface area contributed by atoms with E-state index in [2.05, 4.69) is 32.9 Å². The number of aliphatic hydroxyl groups is 1. The zero-order chi connectivity index (χ0) is 10.4. The Morgan fingerprint density at radius 3 is 3.00 bits per heavy atom. The number of halogens is 1. The fourth-order valence-corrected chi connectivity index (χ4v) is 1.39. The molecule has 14 heavy (non-hydrogen) atoms. The van der Waals surface area contributed by atoms with Crippen LogP contribution in [0.15, 0.2) is 24.3 Å². The Labute approximate surface area is 95.4 Å². The van der Waals surface area contributed by atoms with Gasteiger partial charge in [0.05, 0.1) is 13.2 Å². The number of aliphatic hydroxyl groups excluding tert-OH is 1. The lowest BCUT2D eigenvalue weighted by Crippen LogP contribution is -2.25. The normalized spacial score (nSPS) is 9.86. The molecule has 1 amide bonds. The molecule has 0 atom stereocenters. The van der Waals surface area contributed by atoms with Gasteiger partial charge in [0, 0.05) is 9.13 Å². The molecule has 0 aliphatic heterocycles. The minimum Gasteiger partial charge on any atom is -0.394 e. The summed E-state index contributed by atoms with van der Waals surface area (Å²) in [5, 5.41) is 8.42. The van der Waals surface area contributed by atoms with Crippen molar-refractivity contribution in [3.05, 3.63) is 33.4 Å². The monoisotopic (exact) mass is 307 g/mol. The van der Waals surface area contributed by atoms with Crippen molar-refractivity contribution in [3.63, 3.8) is 0 Å². The van der Waals surface area contributed by atoms with Gasteiger partial charge in [-0.15, -0.1) is 0 Å². The summed E-state index contributed by atoms with van der Waals surface area (Å²) in [6.07, 6.45) is 0. The van der Waals surface area contributed by atoms with Gasteiger partial charge in [0.1, 0.15) is 0 Å². The molecule has 0 spiro atoms. The van der Waals surface area contributed by atoms with Gasteiger partial charge < -0.3 is 5.11 Å². The first-order valence-electron chi connectivity index (χ1n) is 4.02. The van der Waals surface area contributed by atoms with Crippen LogP contribution < -0.4 is 5.48 Å². The van der Waals surface area contributed by atoms with Crippen LogP contribution in [-0.2, 0) is 4.84 Å². The lowest BCUT2D eigenvalue weighted by Gasteiger charge is -2.04. The average Bonchev–Trinajstić information content (AvgIpc) is 2.18. The van der Waals surface area contributed by atoms with E-state index in [-0.39, 0.29) is 19.1 Å². The fraction of sp³-hybridized carbons (Fsp3) is 0.222. The van der Waals surface area contributed by atoms with Crippen LogP contribution >= 0.6 is 22.6 Å². The maximum Gasteiger partial charge on any atom is 0.274 e. The molecule has 0 radical (unpaired) electrons. The van der Waals surface area contributed by atoms with Crippen molar-refractivity contribution in [2.75, 3.05) is 13.2 Å². The van der Waals surface area contributed by atoms with E-state index in [1.54, 1.807) is 18.2 Å². The fourth-order valence-electron chi connectivity index (χ4n) is 0.851. The van der Waals surface area contributed by atoms with E-state index in [0.29, 0.717) is 5.56 Å². The predicted molar refractivity (Wildman–Crippen MR) is 59.7 cm³/mol. The number of carbonyl (C=O) groups excluding carboxylic acids is 1. The highest BCUT2D eigenvalue weighted by Crippen LogP contribution is 2.07. The summed E-state index contributed by atoms with van der Waals surface area (Å²) in [5.41, 5.74) is 2.76. The molecular formula is C9H10INO3. The Hall–Kier alpha value is -0.660. The van der Waals surface area contributed by atoms with E-state index < -0.39 is 0 Å². The van der Waals surface area contributed by atoms with Crippen molar-refractivity contribution in [2.45, 2.75) is 0 Å². The van der Waals surface area contributed by atoms with Crippen LogP contribution in [0.2, 0.25) is 0 Å². The third kappa shape index (κ3) is 3.60. The zero-order valence-electron chi connectivity index (χ0n) is 7.37. The van der Waals surface area contributed by atoms with Crippen LogP contribution in [0.1, 0.15) is 10.4 Å². The van der Waals surface area contributed by atoms with Crippen molar-refractivity contribution in [2.24, 2.45) is 0 Å². The van der Waals surface area contributed by atoms with Crippen molar-refractivity contribution >= 4 is 28.5 Å². The van der Waals surface area contributed by atoms with Gasteiger partial charge in [0.2, 0.25) is 0 Å². The second-order valence-electron chi connectivity index (χ2n) is 2.51. The number of amides is 1. The molecule has 0 aliphatic carbocycles. The van der Waals surface area contributed by atoms with Crippen molar-refractivity contribution in [1.82, 2.24) is 5.48 Å². The van der Waals surface area contributed by atoms with Gasteiger partial charge in [0.15, 0.2) is 0 Å². The van der Waals surface area contributed by atoms with Gasteiger partial charge in [-0.3, -0.25) is 9.63 Å². The second kappa shape index (κ2) is 5.94. The molecule has 0 heterocycles. The van der Waals surface area contributed by atoms with Gasteiger partial charge in [0.25, 0.3) is 5.91 Å². The largest absolute Gasteiger partial charge is 0.394 e. The topological polar surface area (TPSA) is 58.6 Å². The Morgan fingerprint density at radius 1 is 1.57 bits per heavy atom. The number of hydroxylamine groups is 1. The van der Waals surface area contributed by atoms with Gasteiger partial charge in [-0.2, -0.15) is 0 Å². The highest BCUT2D eigenvalue weighted by molar-refractivity contribution is 14.1. The van der Waals surface area contributed by atoms with E-state index in [1.165, 1.54) is 0 Å². The quantitative estimate of drug-likeness (QED) is 0.494. The van der Waals surface area contributed by atoms with Gasteiger partial charge in [-0.1, -0.05) is 6.07 Å². The maximum atomic E-state index is 11.4. The number of hydrogen-bond acceptors (Lipinski definition) is 3. The first kappa shape index (κ1) is 11.4. The minimum atomic E-state index is -0.308. The number of nitrogens with one attached hydrogen (secondary N) is 1. The molecule has 0 unspecified atom stereocenters. The van der Waals surface area contributed by atoms with Crippen molar-refractivity contribution in [3.8, 4) is 0 Å². The molecule has 0 saturated heterocycles. The average molecular weight is 307 g/mol. The molecule has 0 bridgehead atoms. The summed E-state index contributed by atoms with van der Waals surface area (Å²) in [7, 11) is 0. The summed E-state index contributed by atoms with van der Waals surface area (Å²) in [6.45, 7) is -0.0255. The predicted octanol–water partition coefficient (Wildman–Crippen LogP) is 0.945. The van der Waals surface area contributed by atoms with E-state index in [9.17, 15) is 4.79 Å². The molecule has 1 aromatic carbocycles. The highest BCUT2D eigenvalue weighted by Gasteiger charge is 2.04. The molecule has 2 N–H and O–H groups in total. The third-order valence-corrected chi connectivity index (χ3v) is 2.12.